The zero-order valence-corrected chi connectivity index (χ0v) is 15.5. The van der Waals surface area contributed by atoms with Crippen LogP contribution in [-0.2, 0) is 19.3 Å². The Bertz CT molecular complexity index is 391. The van der Waals surface area contributed by atoms with Gasteiger partial charge in [-0.15, -0.1) is 0 Å². The fraction of sp³-hybridized carbons (Fsp3) is 0.842. The Morgan fingerprint density at radius 3 is 2.65 bits per heavy atom. The molecule has 0 N–H and O–H groups in total. The van der Waals surface area contributed by atoms with Crippen molar-refractivity contribution in [2.24, 2.45) is 5.92 Å². The maximum Gasteiger partial charge on any atom is 0.308 e. The molecule has 0 saturated heterocycles. The first-order valence-corrected chi connectivity index (χ1v) is 9.21. The van der Waals surface area contributed by atoms with Gasteiger partial charge in [0.1, 0.15) is 11.7 Å². The molecule has 4 nitrogen and oxygen atoms in total. The lowest BCUT2D eigenvalue weighted by Crippen LogP contribution is -2.40. The molecule has 2 unspecified atom stereocenters. The molecule has 0 aromatic carbocycles. The highest BCUT2D eigenvalue weighted by molar-refractivity contribution is 5.70. The molecule has 0 aromatic rings. The minimum atomic E-state index is -0.357. The lowest BCUT2D eigenvalue weighted by Gasteiger charge is -2.38. The second kappa shape index (κ2) is 10.1. The third-order valence-electron chi connectivity index (χ3n) is 4.60. The van der Waals surface area contributed by atoms with Gasteiger partial charge in [-0.1, -0.05) is 47.0 Å². The van der Waals surface area contributed by atoms with Gasteiger partial charge in [0.15, 0.2) is 0 Å². The van der Waals surface area contributed by atoms with Crippen molar-refractivity contribution in [1.29, 1.82) is 0 Å². The molecule has 3 atom stereocenters. The molecule has 0 radical (unpaired) electrons. The molecule has 1 heterocycles. The van der Waals surface area contributed by atoms with Crippen molar-refractivity contribution in [2.45, 2.75) is 91.3 Å². The predicted molar refractivity (Wildman–Crippen MR) is 91.9 cm³/mol. The topological polar surface area (TPSA) is 44.8 Å². The predicted octanol–water partition coefficient (Wildman–Crippen LogP) is 4.97. The number of unbranched alkanes of at least 4 members (excludes halogenated alkanes) is 1. The Kier molecular flexibility index (Phi) is 8.85. The molecule has 23 heavy (non-hydrogen) atoms. The third kappa shape index (κ3) is 6.27. The zero-order chi connectivity index (χ0) is 17.3. The fourth-order valence-corrected chi connectivity index (χ4v) is 3.18. The van der Waals surface area contributed by atoms with Crippen molar-refractivity contribution in [3.05, 3.63) is 11.6 Å². The highest BCUT2D eigenvalue weighted by atomic mass is 17.2. The number of ether oxygens (including phenoxy) is 1. The first kappa shape index (κ1) is 20.2. The monoisotopic (exact) mass is 326 g/mol. The Labute approximate surface area is 141 Å². The zero-order valence-electron chi connectivity index (χ0n) is 15.5. The molecule has 0 aliphatic carbocycles. The van der Waals surface area contributed by atoms with E-state index in [4.69, 9.17) is 14.5 Å². The second-order valence-corrected chi connectivity index (χ2v) is 6.62. The first-order valence-electron chi connectivity index (χ1n) is 9.21. The van der Waals surface area contributed by atoms with Crippen LogP contribution in [0.2, 0.25) is 0 Å². The average Bonchev–Trinajstić information content (AvgIpc) is 2.54. The van der Waals surface area contributed by atoms with E-state index in [0.717, 1.165) is 24.8 Å². The first-order chi connectivity index (χ1) is 11.0. The fourth-order valence-electron chi connectivity index (χ4n) is 3.18. The van der Waals surface area contributed by atoms with Gasteiger partial charge in [-0.3, -0.25) is 4.79 Å². The normalized spacial score (nSPS) is 25.8. The van der Waals surface area contributed by atoms with Gasteiger partial charge in [-0.25, -0.2) is 9.78 Å². The molecule has 0 bridgehead atoms. The van der Waals surface area contributed by atoms with Gasteiger partial charge in [0, 0.05) is 0 Å². The van der Waals surface area contributed by atoms with Crippen molar-refractivity contribution >= 4 is 5.97 Å². The van der Waals surface area contributed by atoms with Crippen LogP contribution >= 0.6 is 0 Å². The molecule has 0 fully saturated rings. The van der Waals surface area contributed by atoms with Crippen molar-refractivity contribution in [3.8, 4) is 0 Å². The van der Waals surface area contributed by atoms with Crippen molar-refractivity contribution in [1.82, 2.24) is 0 Å². The van der Waals surface area contributed by atoms with Crippen molar-refractivity contribution < 1.29 is 19.3 Å². The van der Waals surface area contributed by atoms with Gasteiger partial charge in [0.25, 0.3) is 0 Å². The van der Waals surface area contributed by atoms with Crippen LogP contribution < -0.4 is 0 Å². The molecule has 0 spiro atoms. The molecule has 0 amide bonds. The number of hydrogen-bond acceptors (Lipinski definition) is 4. The van der Waals surface area contributed by atoms with Crippen LogP contribution in [0.15, 0.2) is 11.6 Å². The molecular weight excluding hydrogens is 292 g/mol. The molecule has 1 aliphatic rings. The van der Waals surface area contributed by atoms with Crippen LogP contribution in [0.1, 0.15) is 79.6 Å². The number of esters is 1. The summed E-state index contributed by atoms with van der Waals surface area (Å²) in [7, 11) is 0. The SMILES string of the molecule is CCCC[C@H](C)CC1(CC)C=C(CC)C(CC(=O)OCC)OO1. The molecule has 1 rings (SSSR count). The third-order valence-corrected chi connectivity index (χ3v) is 4.60. The lowest BCUT2D eigenvalue weighted by molar-refractivity contribution is -0.378. The van der Waals surface area contributed by atoms with E-state index < -0.39 is 0 Å². The van der Waals surface area contributed by atoms with E-state index >= 15 is 0 Å². The Morgan fingerprint density at radius 2 is 2.09 bits per heavy atom. The largest absolute Gasteiger partial charge is 0.466 e. The van der Waals surface area contributed by atoms with Crippen LogP contribution in [0.5, 0.6) is 0 Å². The minimum absolute atomic E-state index is 0.221. The maximum atomic E-state index is 11.7. The standard InChI is InChI=1S/C19H34O4/c1-6-10-11-15(5)13-19(8-3)14-16(7-2)17(22-23-19)12-18(20)21-9-4/h14-15,17H,6-13H2,1-5H3/t15-,17?,19?/m0/s1. The van der Waals surface area contributed by atoms with E-state index in [1.165, 1.54) is 19.3 Å². The Morgan fingerprint density at radius 1 is 1.35 bits per heavy atom. The molecule has 4 heteroatoms. The summed E-state index contributed by atoms with van der Waals surface area (Å²) in [5, 5.41) is 0. The van der Waals surface area contributed by atoms with Gasteiger partial charge in [0.2, 0.25) is 0 Å². The Hall–Kier alpha value is -0.870. The molecule has 0 saturated carbocycles. The summed E-state index contributed by atoms with van der Waals surface area (Å²) in [6.45, 7) is 10.9. The van der Waals surface area contributed by atoms with Crippen LogP contribution in [-0.4, -0.2) is 24.3 Å². The second-order valence-electron chi connectivity index (χ2n) is 6.62. The number of rotatable bonds is 10. The Balaban J connectivity index is 2.78. The van der Waals surface area contributed by atoms with Gasteiger partial charge >= 0.3 is 5.97 Å². The van der Waals surface area contributed by atoms with E-state index in [1.807, 2.05) is 6.92 Å². The summed E-state index contributed by atoms with van der Waals surface area (Å²) in [5.41, 5.74) is 0.790. The van der Waals surface area contributed by atoms with Gasteiger partial charge in [-0.2, -0.15) is 0 Å². The number of carbonyl (C=O) groups is 1. The van der Waals surface area contributed by atoms with Gasteiger partial charge in [0.05, 0.1) is 13.0 Å². The highest BCUT2D eigenvalue weighted by Gasteiger charge is 2.37. The van der Waals surface area contributed by atoms with Crippen LogP contribution in [0.4, 0.5) is 0 Å². The summed E-state index contributed by atoms with van der Waals surface area (Å²) >= 11 is 0. The lowest BCUT2D eigenvalue weighted by atomic mass is 9.83. The smallest absolute Gasteiger partial charge is 0.308 e. The van der Waals surface area contributed by atoms with E-state index in [-0.39, 0.29) is 24.1 Å². The number of hydrogen-bond donors (Lipinski definition) is 0. The summed E-state index contributed by atoms with van der Waals surface area (Å²) in [4.78, 5) is 23.2. The van der Waals surface area contributed by atoms with Crippen LogP contribution in [0, 0.1) is 5.92 Å². The van der Waals surface area contributed by atoms with Gasteiger partial charge < -0.3 is 4.74 Å². The summed E-state index contributed by atoms with van der Waals surface area (Å²) in [6, 6.07) is 0. The van der Waals surface area contributed by atoms with Crippen LogP contribution in [0.3, 0.4) is 0 Å². The minimum Gasteiger partial charge on any atom is -0.466 e. The quantitative estimate of drug-likeness (QED) is 0.323. The summed E-state index contributed by atoms with van der Waals surface area (Å²) < 4.78 is 5.02. The molecular formula is C19H34O4. The summed E-state index contributed by atoms with van der Waals surface area (Å²) in [6.07, 6.45) is 8.49. The maximum absolute atomic E-state index is 11.7. The highest BCUT2D eigenvalue weighted by Crippen LogP contribution is 2.36. The van der Waals surface area contributed by atoms with Gasteiger partial charge in [-0.05, 0) is 43.8 Å². The summed E-state index contributed by atoms with van der Waals surface area (Å²) in [5.74, 6) is 0.357. The van der Waals surface area contributed by atoms with Crippen molar-refractivity contribution in [3.63, 3.8) is 0 Å². The molecule has 0 aromatic heterocycles. The van der Waals surface area contributed by atoms with Crippen molar-refractivity contribution in [2.75, 3.05) is 6.61 Å². The van der Waals surface area contributed by atoms with E-state index in [9.17, 15) is 4.79 Å². The number of carbonyl (C=O) groups excluding carboxylic acids is 1. The van der Waals surface area contributed by atoms with E-state index in [1.54, 1.807) is 0 Å². The van der Waals surface area contributed by atoms with E-state index in [0.29, 0.717) is 12.5 Å². The molecule has 1 aliphatic heterocycles. The average molecular weight is 326 g/mol. The van der Waals surface area contributed by atoms with Crippen LogP contribution in [0.25, 0.3) is 0 Å². The molecule has 134 valence electrons. The van der Waals surface area contributed by atoms with E-state index in [2.05, 4.69) is 33.8 Å².